The molecule has 2 rings (SSSR count). The van der Waals surface area contributed by atoms with Gasteiger partial charge in [-0.1, -0.05) is 25.1 Å². The van der Waals surface area contributed by atoms with E-state index in [0.29, 0.717) is 12.3 Å². The zero-order chi connectivity index (χ0) is 11.5. The Balaban J connectivity index is 2.24. The number of hydrogen-bond acceptors (Lipinski definition) is 2. The Morgan fingerprint density at radius 3 is 2.88 bits per heavy atom. The molecule has 0 bridgehead atoms. The van der Waals surface area contributed by atoms with E-state index in [-0.39, 0.29) is 5.78 Å². The minimum absolute atomic E-state index is 0.290. The first kappa shape index (κ1) is 11.2. The van der Waals surface area contributed by atoms with Gasteiger partial charge in [-0.3, -0.25) is 0 Å². The van der Waals surface area contributed by atoms with Gasteiger partial charge in [-0.05, 0) is 25.0 Å². The van der Waals surface area contributed by atoms with E-state index in [4.69, 9.17) is 0 Å². The van der Waals surface area contributed by atoms with Gasteiger partial charge in [0.05, 0.1) is 0 Å². The molecule has 1 aromatic rings. The fraction of sp³-hybridized carbons (Fsp3) is 0.500. The van der Waals surface area contributed by atoms with Crippen LogP contribution in [-0.4, -0.2) is 18.9 Å². The molecule has 0 saturated carbocycles. The maximum absolute atomic E-state index is 11.3. The van der Waals surface area contributed by atoms with Gasteiger partial charge in [0.2, 0.25) is 0 Å². The lowest BCUT2D eigenvalue weighted by atomic mass is 9.96. The summed E-state index contributed by atoms with van der Waals surface area (Å²) < 4.78 is 0. The van der Waals surface area contributed by atoms with E-state index >= 15 is 0 Å². The van der Waals surface area contributed by atoms with Crippen molar-refractivity contribution >= 4 is 11.5 Å². The first-order chi connectivity index (χ1) is 7.72. The first-order valence-corrected chi connectivity index (χ1v) is 6.05. The molecular weight excluding hydrogens is 198 g/mol. The van der Waals surface area contributed by atoms with Crippen LogP contribution < -0.4 is 4.90 Å². The molecule has 1 aromatic carbocycles. The molecule has 0 saturated heterocycles. The van der Waals surface area contributed by atoms with E-state index < -0.39 is 0 Å². The quantitative estimate of drug-likeness (QED) is 0.772. The molecule has 1 heterocycles. The van der Waals surface area contributed by atoms with Crippen LogP contribution in [-0.2, 0) is 4.79 Å². The third kappa shape index (κ3) is 2.11. The summed E-state index contributed by atoms with van der Waals surface area (Å²) in [4.78, 5) is 13.7. The van der Waals surface area contributed by atoms with Crippen molar-refractivity contribution < 1.29 is 4.79 Å². The summed E-state index contributed by atoms with van der Waals surface area (Å²) in [5.74, 6) is 0.693. The molecule has 0 N–H and O–H groups in total. The molecule has 16 heavy (non-hydrogen) atoms. The van der Waals surface area contributed by atoms with Gasteiger partial charge >= 0.3 is 0 Å². The molecule has 2 heteroatoms. The predicted molar refractivity (Wildman–Crippen MR) is 67.0 cm³/mol. The van der Waals surface area contributed by atoms with Crippen LogP contribution >= 0.6 is 0 Å². The fourth-order valence-corrected chi connectivity index (χ4v) is 2.59. The second-order valence-corrected chi connectivity index (χ2v) is 4.61. The summed E-state index contributed by atoms with van der Waals surface area (Å²) in [6.45, 7) is 5.98. The molecule has 0 fully saturated rings. The number of carbonyl (C=O) groups is 1. The lowest BCUT2D eigenvalue weighted by Crippen LogP contribution is -2.23. The SMILES string of the molecule is CCCN1CC(CC(C)=O)c2ccccc21. The second-order valence-electron chi connectivity index (χ2n) is 4.61. The largest absolute Gasteiger partial charge is 0.371 e. The van der Waals surface area contributed by atoms with Crippen molar-refractivity contribution in [3.8, 4) is 0 Å². The molecule has 0 amide bonds. The van der Waals surface area contributed by atoms with Crippen LogP contribution in [0, 0.1) is 0 Å². The Bertz CT molecular complexity index is 386. The molecule has 0 aromatic heterocycles. The van der Waals surface area contributed by atoms with E-state index in [1.165, 1.54) is 11.3 Å². The Hall–Kier alpha value is -1.31. The van der Waals surface area contributed by atoms with Gasteiger partial charge in [0.1, 0.15) is 5.78 Å². The molecular formula is C14H19NO. The van der Waals surface area contributed by atoms with E-state index in [1.807, 2.05) is 0 Å². The number of para-hydroxylation sites is 1. The predicted octanol–water partition coefficient (Wildman–Crippen LogP) is 2.98. The maximum atomic E-state index is 11.3. The topological polar surface area (TPSA) is 20.3 Å². The fourth-order valence-electron chi connectivity index (χ4n) is 2.59. The van der Waals surface area contributed by atoms with Gasteiger partial charge in [0, 0.05) is 31.1 Å². The number of carbonyl (C=O) groups excluding carboxylic acids is 1. The monoisotopic (exact) mass is 217 g/mol. The van der Waals surface area contributed by atoms with Crippen LogP contribution in [0.1, 0.15) is 38.2 Å². The molecule has 86 valence electrons. The molecule has 1 atom stereocenters. The third-order valence-electron chi connectivity index (χ3n) is 3.19. The summed E-state index contributed by atoms with van der Waals surface area (Å²) in [5.41, 5.74) is 2.68. The molecule has 0 spiro atoms. The molecule has 1 aliphatic heterocycles. The van der Waals surface area contributed by atoms with Crippen molar-refractivity contribution in [3.05, 3.63) is 29.8 Å². The van der Waals surface area contributed by atoms with Crippen molar-refractivity contribution in [3.63, 3.8) is 0 Å². The molecule has 0 radical (unpaired) electrons. The summed E-state index contributed by atoms with van der Waals surface area (Å²) in [7, 11) is 0. The number of rotatable bonds is 4. The van der Waals surface area contributed by atoms with E-state index in [9.17, 15) is 4.79 Å². The number of ketones is 1. The molecule has 1 unspecified atom stereocenters. The number of Topliss-reactive ketones (excluding diaryl/α,β-unsaturated/α-hetero) is 1. The van der Waals surface area contributed by atoms with Gasteiger partial charge in [-0.15, -0.1) is 0 Å². The minimum atomic E-state index is 0.290. The highest BCUT2D eigenvalue weighted by atomic mass is 16.1. The smallest absolute Gasteiger partial charge is 0.130 e. The second kappa shape index (κ2) is 4.69. The molecule has 1 aliphatic rings. The number of fused-ring (bicyclic) bond motifs is 1. The van der Waals surface area contributed by atoms with Crippen molar-refractivity contribution in [1.29, 1.82) is 0 Å². The Labute approximate surface area is 97.3 Å². The van der Waals surface area contributed by atoms with Crippen molar-refractivity contribution in [2.24, 2.45) is 0 Å². The highest BCUT2D eigenvalue weighted by molar-refractivity contribution is 5.78. The van der Waals surface area contributed by atoms with Crippen molar-refractivity contribution in [2.75, 3.05) is 18.0 Å². The maximum Gasteiger partial charge on any atom is 0.130 e. The normalized spacial score (nSPS) is 18.6. The average molecular weight is 217 g/mol. The van der Waals surface area contributed by atoms with Gasteiger partial charge < -0.3 is 9.69 Å². The highest BCUT2D eigenvalue weighted by Crippen LogP contribution is 2.37. The van der Waals surface area contributed by atoms with Gasteiger partial charge in [-0.2, -0.15) is 0 Å². The Kier molecular flexibility index (Phi) is 3.28. The lowest BCUT2D eigenvalue weighted by Gasteiger charge is -2.18. The van der Waals surface area contributed by atoms with Crippen LogP contribution in [0.3, 0.4) is 0 Å². The summed E-state index contributed by atoms with van der Waals surface area (Å²) >= 11 is 0. The Morgan fingerprint density at radius 1 is 1.44 bits per heavy atom. The standard InChI is InChI=1S/C14H19NO/c1-3-8-15-10-12(9-11(2)16)13-6-4-5-7-14(13)15/h4-7,12H,3,8-10H2,1-2H3. The van der Waals surface area contributed by atoms with Crippen LogP contribution in [0.5, 0.6) is 0 Å². The Morgan fingerprint density at radius 2 is 2.19 bits per heavy atom. The zero-order valence-corrected chi connectivity index (χ0v) is 10.1. The number of hydrogen-bond donors (Lipinski definition) is 0. The zero-order valence-electron chi connectivity index (χ0n) is 10.1. The minimum Gasteiger partial charge on any atom is -0.371 e. The summed E-state index contributed by atoms with van der Waals surface area (Å²) in [5, 5.41) is 0. The van der Waals surface area contributed by atoms with Gasteiger partial charge in [0.25, 0.3) is 0 Å². The summed E-state index contributed by atoms with van der Waals surface area (Å²) in [6.07, 6.45) is 1.83. The van der Waals surface area contributed by atoms with Crippen LogP contribution in [0.4, 0.5) is 5.69 Å². The molecule has 0 aliphatic carbocycles. The first-order valence-electron chi connectivity index (χ1n) is 6.05. The average Bonchev–Trinajstić information content (AvgIpc) is 2.58. The van der Waals surface area contributed by atoms with E-state index in [1.54, 1.807) is 6.92 Å². The highest BCUT2D eigenvalue weighted by Gasteiger charge is 2.28. The number of benzene rings is 1. The van der Waals surface area contributed by atoms with Crippen LogP contribution in [0.25, 0.3) is 0 Å². The molecule has 2 nitrogen and oxygen atoms in total. The van der Waals surface area contributed by atoms with Gasteiger partial charge in [0.15, 0.2) is 0 Å². The number of nitrogens with zero attached hydrogens (tertiary/aromatic N) is 1. The van der Waals surface area contributed by atoms with Crippen LogP contribution in [0.15, 0.2) is 24.3 Å². The summed E-state index contributed by atoms with van der Waals surface area (Å²) in [6, 6.07) is 8.49. The third-order valence-corrected chi connectivity index (χ3v) is 3.19. The van der Waals surface area contributed by atoms with Crippen molar-refractivity contribution in [1.82, 2.24) is 0 Å². The van der Waals surface area contributed by atoms with E-state index in [0.717, 1.165) is 19.5 Å². The van der Waals surface area contributed by atoms with Gasteiger partial charge in [-0.25, -0.2) is 0 Å². The van der Waals surface area contributed by atoms with Crippen molar-refractivity contribution in [2.45, 2.75) is 32.6 Å². The number of anilines is 1. The van der Waals surface area contributed by atoms with Crippen LogP contribution in [0.2, 0.25) is 0 Å². The lowest BCUT2D eigenvalue weighted by molar-refractivity contribution is -0.117. The van der Waals surface area contributed by atoms with E-state index in [2.05, 4.69) is 36.1 Å².